The molecule has 0 heterocycles. The van der Waals surface area contributed by atoms with Gasteiger partial charge in [0.05, 0.1) is 6.10 Å². The fraction of sp³-hybridized carbons (Fsp3) is 0.400. The molecule has 0 bridgehead atoms. The van der Waals surface area contributed by atoms with E-state index in [1.54, 1.807) is 0 Å². The van der Waals surface area contributed by atoms with Crippen molar-refractivity contribution in [3.63, 3.8) is 0 Å². The summed E-state index contributed by atoms with van der Waals surface area (Å²) in [6.07, 6.45) is -0.447. The minimum Gasteiger partial charge on any atom is -0.387 e. The van der Waals surface area contributed by atoms with E-state index in [-0.39, 0.29) is 4.83 Å². The van der Waals surface area contributed by atoms with Gasteiger partial charge in [0, 0.05) is 9.30 Å². The third-order valence-corrected chi connectivity index (χ3v) is 2.99. The summed E-state index contributed by atoms with van der Waals surface area (Å²) >= 11 is 6.76. The van der Waals surface area contributed by atoms with Crippen LogP contribution in [-0.4, -0.2) is 9.93 Å². The zero-order valence-corrected chi connectivity index (χ0v) is 10.8. The van der Waals surface area contributed by atoms with E-state index in [4.69, 9.17) is 0 Å². The van der Waals surface area contributed by atoms with Gasteiger partial charge in [0.1, 0.15) is 0 Å². The summed E-state index contributed by atoms with van der Waals surface area (Å²) in [5.41, 5.74) is 2.08. The van der Waals surface area contributed by atoms with E-state index in [9.17, 15) is 5.11 Å². The van der Waals surface area contributed by atoms with Gasteiger partial charge < -0.3 is 5.11 Å². The van der Waals surface area contributed by atoms with Crippen molar-refractivity contribution < 1.29 is 5.11 Å². The predicted molar refractivity (Wildman–Crippen MR) is 62.2 cm³/mol. The Balaban J connectivity index is 3.05. The molecule has 0 aliphatic carbocycles. The quantitative estimate of drug-likeness (QED) is 0.828. The van der Waals surface area contributed by atoms with Crippen molar-refractivity contribution in [2.45, 2.75) is 24.8 Å². The molecule has 0 aliphatic heterocycles. The van der Waals surface area contributed by atoms with Crippen LogP contribution >= 0.6 is 31.9 Å². The second-order valence-electron chi connectivity index (χ2n) is 3.12. The fourth-order valence-electron chi connectivity index (χ4n) is 1.18. The zero-order chi connectivity index (χ0) is 10.0. The first-order valence-corrected chi connectivity index (χ1v) is 5.81. The van der Waals surface area contributed by atoms with Gasteiger partial charge in [-0.15, -0.1) is 0 Å². The van der Waals surface area contributed by atoms with Gasteiger partial charge in [-0.3, -0.25) is 0 Å². The largest absolute Gasteiger partial charge is 0.387 e. The van der Waals surface area contributed by atoms with Crippen LogP contribution < -0.4 is 0 Å². The molecule has 2 unspecified atom stereocenters. The molecule has 0 radical (unpaired) electrons. The van der Waals surface area contributed by atoms with Crippen molar-refractivity contribution >= 4 is 31.9 Å². The lowest BCUT2D eigenvalue weighted by atomic mass is 10.0. The molecule has 1 aromatic carbocycles. The Bertz CT molecular complexity index is 297. The predicted octanol–water partition coefficient (Wildman–Crippen LogP) is 3.57. The molecular weight excluding hydrogens is 296 g/mol. The third kappa shape index (κ3) is 2.79. The Hall–Kier alpha value is 0.140. The van der Waals surface area contributed by atoms with Gasteiger partial charge in [-0.1, -0.05) is 37.9 Å². The molecular formula is C10H12Br2O. The number of rotatable bonds is 2. The molecule has 13 heavy (non-hydrogen) atoms. The van der Waals surface area contributed by atoms with Crippen molar-refractivity contribution in [2.75, 3.05) is 0 Å². The van der Waals surface area contributed by atoms with Crippen LogP contribution in [0.5, 0.6) is 0 Å². The Morgan fingerprint density at radius 2 is 2.00 bits per heavy atom. The van der Waals surface area contributed by atoms with E-state index in [1.165, 1.54) is 0 Å². The first-order chi connectivity index (χ1) is 6.02. The summed E-state index contributed by atoms with van der Waals surface area (Å²) in [5, 5.41) is 9.84. The van der Waals surface area contributed by atoms with E-state index < -0.39 is 6.10 Å². The molecule has 3 heteroatoms. The van der Waals surface area contributed by atoms with Gasteiger partial charge in [0.25, 0.3) is 0 Å². The van der Waals surface area contributed by atoms with Crippen LogP contribution in [0.2, 0.25) is 0 Å². The molecule has 0 saturated carbocycles. The SMILES string of the molecule is Cc1ccc(Br)cc1C(O)C(C)Br. The van der Waals surface area contributed by atoms with Gasteiger partial charge in [-0.25, -0.2) is 0 Å². The highest BCUT2D eigenvalue weighted by Crippen LogP contribution is 2.27. The average Bonchev–Trinajstić information content (AvgIpc) is 2.08. The van der Waals surface area contributed by atoms with E-state index in [0.717, 1.165) is 15.6 Å². The second kappa shape index (κ2) is 4.58. The standard InChI is InChI=1S/C10H12Br2O/c1-6-3-4-8(12)5-9(6)10(13)7(2)11/h3-5,7,10,13H,1-2H3. The molecule has 1 rings (SSSR count). The van der Waals surface area contributed by atoms with Gasteiger partial charge >= 0.3 is 0 Å². The van der Waals surface area contributed by atoms with Crippen LogP contribution in [0.1, 0.15) is 24.2 Å². The van der Waals surface area contributed by atoms with Crippen LogP contribution in [-0.2, 0) is 0 Å². The summed E-state index contributed by atoms with van der Waals surface area (Å²) in [4.78, 5) is 0.0699. The monoisotopic (exact) mass is 306 g/mol. The van der Waals surface area contributed by atoms with Crippen molar-refractivity contribution in [3.8, 4) is 0 Å². The highest BCUT2D eigenvalue weighted by molar-refractivity contribution is 9.10. The molecule has 2 atom stereocenters. The van der Waals surface area contributed by atoms with E-state index in [0.29, 0.717) is 0 Å². The number of aryl methyl sites for hydroxylation is 1. The third-order valence-electron chi connectivity index (χ3n) is 2.00. The maximum Gasteiger partial charge on any atom is 0.0915 e. The van der Waals surface area contributed by atoms with E-state index >= 15 is 0 Å². The molecule has 0 aliphatic rings. The second-order valence-corrected chi connectivity index (χ2v) is 5.48. The average molecular weight is 308 g/mol. The van der Waals surface area contributed by atoms with Crippen LogP contribution in [0.3, 0.4) is 0 Å². The first kappa shape index (κ1) is 11.2. The van der Waals surface area contributed by atoms with Gasteiger partial charge in [0.15, 0.2) is 0 Å². The normalized spacial score (nSPS) is 15.5. The van der Waals surface area contributed by atoms with Crippen LogP contribution in [0, 0.1) is 6.92 Å². The van der Waals surface area contributed by atoms with E-state index in [1.807, 2.05) is 32.0 Å². The summed E-state index contributed by atoms with van der Waals surface area (Å²) < 4.78 is 1.00. The highest BCUT2D eigenvalue weighted by atomic mass is 79.9. The van der Waals surface area contributed by atoms with Gasteiger partial charge in [-0.2, -0.15) is 0 Å². The maximum atomic E-state index is 9.84. The lowest BCUT2D eigenvalue weighted by Gasteiger charge is -2.16. The molecule has 1 N–H and O–H groups in total. The molecule has 1 nitrogen and oxygen atoms in total. The van der Waals surface area contributed by atoms with Crippen LogP contribution in [0.4, 0.5) is 0 Å². The zero-order valence-electron chi connectivity index (χ0n) is 7.59. The molecule has 0 fully saturated rings. The summed E-state index contributed by atoms with van der Waals surface area (Å²) in [6, 6.07) is 5.93. The lowest BCUT2D eigenvalue weighted by Crippen LogP contribution is -2.09. The van der Waals surface area contributed by atoms with Crippen molar-refractivity contribution in [2.24, 2.45) is 0 Å². The number of hydrogen-bond acceptors (Lipinski definition) is 1. The number of aliphatic hydroxyl groups is 1. The Labute approximate surface area is 95.4 Å². The number of hydrogen-bond donors (Lipinski definition) is 1. The topological polar surface area (TPSA) is 20.2 Å². The van der Waals surface area contributed by atoms with Gasteiger partial charge in [-0.05, 0) is 37.1 Å². The van der Waals surface area contributed by atoms with E-state index in [2.05, 4.69) is 31.9 Å². The molecule has 0 aromatic heterocycles. The molecule has 72 valence electrons. The summed E-state index contributed by atoms with van der Waals surface area (Å²) in [6.45, 7) is 3.94. The molecule has 1 aromatic rings. The Morgan fingerprint density at radius 3 is 2.54 bits per heavy atom. The number of alkyl halides is 1. The minimum absolute atomic E-state index is 0.0699. The minimum atomic E-state index is -0.447. The number of aliphatic hydroxyl groups excluding tert-OH is 1. The maximum absolute atomic E-state index is 9.84. The smallest absolute Gasteiger partial charge is 0.0915 e. The Morgan fingerprint density at radius 1 is 1.38 bits per heavy atom. The molecule has 0 amide bonds. The highest BCUT2D eigenvalue weighted by Gasteiger charge is 2.15. The van der Waals surface area contributed by atoms with Crippen molar-refractivity contribution in [3.05, 3.63) is 33.8 Å². The molecule has 0 spiro atoms. The summed E-state index contributed by atoms with van der Waals surface area (Å²) in [7, 11) is 0. The van der Waals surface area contributed by atoms with Gasteiger partial charge in [0.2, 0.25) is 0 Å². The lowest BCUT2D eigenvalue weighted by molar-refractivity contribution is 0.180. The van der Waals surface area contributed by atoms with Crippen molar-refractivity contribution in [1.29, 1.82) is 0 Å². The number of halogens is 2. The Kier molecular flexibility index (Phi) is 3.95. The van der Waals surface area contributed by atoms with Crippen molar-refractivity contribution in [1.82, 2.24) is 0 Å². The van der Waals surface area contributed by atoms with Crippen LogP contribution in [0.25, 0.3) is 0 Å². The summed E-state index contributed by atoms with van der Waals surface area (Å²) in [5.74, 6) is 0. The number of benzene rings is 1. The molecule has 0 saturated heterocycles. The first-order valence-electron chi connectivity index (χ1n) is 4.10. The fourth-order valence-corrected chi connectivity index (χ4v) is 1.84. The van der Waals surface area contributed by atoms with Crippen LogP contribution in [0.15, 0.2) is 22.7 Å².